The molecule has 0 radical (unpaired) electrons. The predicted octanol–water partition coefficient (Wildman–Crippen LogP) is 3.28. The molecule has 29 heavy (non-hydrogen) atoms. The molecule has 1 aliphatic heterocycles. The topological polar surface area (TPSA) is 76.4 Å². The molecule has 0 unspecified atom stereocenters. The lowest BCUT2D eigenvalue weighted by Crippen LogP contribution is -2.37. The summed E-state index contributed by atoms with van der Waals surface area (Å²) >= 11 is 0. The minimum atomic E-state index is 0. The molecule has 2 N–H and O–H groups in total. The number of nitrogens with one attached hydrogen (secondary N) is 2. The molecular formula is C21H31IN6O. The fourth-order valence-corrected chi connectivity index (χ4v) is 3.44. The number of halogens is 1. The van der Waals surface area contributed by atoms with Crippen LogP contribution in [0.3, 0.4) is 0 Å². The number of benzene rings is 1. The molecule has 0 atom stereocenters. The summed E-state index contributed by atoms with van der Waals surface area (Å²) in [6, 6.07) is 8.19. The lowest BCUT2D eigenvalue weighted by molar-refractivity contribution is 0.297. The third kappa shape index (κ3) is 6.07. The first kappa shape index (κ1) is 21.9. The fourth-order valence-electron chi connectivity index (χ4n) is 3.44. The summed E-state index contributed by atoms with van der Waals surface area (Å²) < 4.78 is 8.24. The van der Waals surface area contributed by atoms with Crippen molar-refractivity contribution in [1.82, 2.24) is 25.4 Å². The molecule has 2 aliphatic rings. The average molecular weight is 510 g/mol. The van der Waals surface area contributed by atoms with Gasteiger partial charge in [-0.3, -0.25) is 0 Å². The molecular weight excluding hydrogens is 479 g/mol. The van der Waals surface area contributed by atoms with Gasteiger partial charge < -0.3 is 19.9 Å². The summed E-state index contributed by atoms with van der Waals surface area (Å²) in [5.74, 6) is 4.55. The van der Waals surface area contributed by atoms with E-state index < -0.39 is 0 Å². The normalized spacial score (nSPS) is 16.0. The molecule has 0 saturated heterocycles. The number of para-hydroxylation sites is 1. The maximum atomic E-state index is 6.00. The highest BCUT2D eigenvalue weighted by Crippen LogP contribution is 2.30. The third-order valence-corrected chi connectivity index (χ3v) is 5.25. The van der Waals surface area contributed by atoms with Crippen LogP contribution in [0.5, 0.6) is 5.75 Å². The summed E-state index contributed by atoms with van der Waals surface area (Å²) in [6.45, 7) is 5.91. The molecule has 1 aromatic carbocycles. The van der Waals surface area contributed by atoms with Crippen LogP contribution in [-0.4, -0.2) is 33.9 Å². The summed E-state index contributed by atoms with van der Waals surface area (Å²) in [5, 5.41) is 15.4. The molecule has 158 valence electrons. The minimum Gasteiger partial charge on any atom is -0.493 e. The SMILES string of the molecule is CCNC(=NCc1ccccc1OCC1CC1)NCc1nnc2n1CCCC2.I. The Morgan fingerprint density at radius 2 is 2.07 bits per heavy atom. The number of aromatic nitrogens is 3. The number of ether oxygens (including phenoxy) is 1. The maximum Gasteiger partial charge on any atom is 0.191 e. The van der Waals surface area contributed by atoms with Crippen LogP contribution in [0.15, 0.2) is 29.3 Å². The second-order valence-corrected chi connectivity index (χ2v) is 7.55. The van der Waals surface area contributed by atoms with Crippen LogP contribution in [0.4, 0.5) is 0 Å². The lowest BCUT2D eigenvalue weighted by atomic mass is 10.2. The fraction of sp³-hybridized carbons (Fsp3) is 0.571. The second kappa shape index (κ2) is 10.8. The van der Waals surface area contributed by atoms with Crippen LogP contribution >= 0.6 is 24.0 Å². The highest BCUT2D eigenvalue weighted by atomic mass is 127. The van der Waals surface area contributed by atoms with Crippen molar-refractivity contribution in [3.05, 3.63) is 41.5 Å². The Labute approximate surface area is 189 Å². The van der Waals surface area contributed by atoms with Crippen molar-refractivity contribution in [2.75, 3.05) is 13.2 Å². The quantitative estimate of drug-likeness (QED) is 0.324. The molecule has 0 amide bonds. The van der Waals surface area contributed by atoms with Crippen molar-refractivity contribution < 1.29 is 4.74 Å². The van der Waals surface area contributed by atoms with E-state index in [4.69, 9.17) is 9.73 Å². The molecule has 0 spiro atoms. The van der Waals surface area contributed by atoms with Crippen molar-refractivity contribution in [2.45, 2.75) is 58.7 Å². The molecule has 1 saturated carbocycles. The van der Waals surface area contributed by atoms with Crippen molar-refractivity contribution >= 4 is 29.9 Å². The number of rotatable bonds is 8. The van der Waals surface area contributed by atoms with Crippen LogP contribution in [0, 0.1) is 5.92 Å². The Bertz CT molecular complexity index is 817. The van der Waals surface area contributed by atoms with Gasteiger partial charge in [-0.1, -0.05) is 18.2 Å². The van der Waals surface area contributed by atoms with Crippen molar-refractivity contribution in [3.63, 3.8) is 0 Å². The van der Waals surface area contributed by atoms with E-state index in [1.165, 1.54) is 25.7 Å². The van der Waals surface area contributed by atoms with Crippen LogP contribution in [0.2, 0.25) is 0 Å². The summed E-state index contributed by atoms with van der Waals surface area (Å²) in [6.07, 6.45) is 6.02. The zero-order valence-electron chi connectivity index (χ0n) is 17.1. The van der Waals surface area contributed by atoms with Gasteiger partial charge in [-0.25, -0.2) is 4.99 Å². The highest BCUT2D eigenvalue weighted by Gasteiger charge is 2.22. The van der Waals surface area contributed by atoms with E-state index in [0.29, 0.717) is 13.1 Å². The van der Waals surface area contributed by atoms with Crippen LogP contribution in [0.25, 0.3) is 0 Å². The number of fused-ring (bicyclic) bond motifs is 1. The van der Waals surface area contributed by atoms with Crippen molar-refractivity contribution in [1.29, 1.82) is 0 Å². The van der Waals surface area contributed by atoms with Gasteiger partial charge >= 0.3 is 0 Å². The Hall–Kier alpha value is -1.84. The van der Waals surface area contributed by atoms with E-state index in [1.54, 1.807) is 0 Å². The van der Waals surface area contributed by atoms with E-state index in [-0.39, 0.29) is 24.0 Å². The second-order valence-electron chi connectivity index (χ2n) is 7.55. The Morgan fingerprint density at radius 1 is 1.21 bits per heavy atom. The monoisotopic (exact) mass is 510 g/mol. The Kier molecular flexibility index (Phi) is 8.14. The number of hydrogen-bond donors (Lipinski definition) is 2. The first-order chi connectivity index (χ1) is 13.8. The van der Waals surface area contributed by atoms with Crippen LogP contribution < -0.4 is 15.4 Å². The van der Waals surface area contributed by atoms with Gasteiger partial charge in [0, 0.05) is 25.1 Å². The smallest absolute Gasteiger partial charge is 0.191 e. The molecule has 4 rings (SSSR count). The first-order valence-corrected chi connectivity index (χ1v) is 10.5. The Morgan fingerprint density at radius 3 is 2.90 bits per heavy atom. The van der Waals surface area contributed by atoms with Gasteiger partial charge in [0.15, 0.2) is 11.8 Å². The summed E-state index contributed by atoms with van der Waals surface area (Å²) in [5.41, 5.74) is 1.11. The molecule has 1 fully saturated rings. The lowest BCUT2D eigenvalue weighted by Gasteiger charge is -2.16. The van der Waals surface area contributed by atoms with Gasteiger partial charge in [0.2, 0.25) is 0 Å². The first-order valence-electron chi connectivity index (χ1n) is 10.5. The minimum absolute atomic E-state index is 0. The largest absolute Gasteiger partial charge is 0.493 e. The van der Waals surface area contributed by atoms with Gasteiger partial charge in [0.1, 0.15) is 11.6 Å². The number of guanidine groups is 1. The zero-order chi connectivity index (χ0) is 19.2. The van der Waals surface area contributed by atoms with Gasteiger partial charge in [0.25, 0.3) is 0 Å². The number of aryl methyl sites for hydroxylation is 1. The molecule has 7 nitrogen and oxygen atoms in total. The van der Waals surface area contributed by atoms with E-state index in [1.807, 2.05) is 18.2 Å². The zero-order valence-corrected chi connectivity index (χ0v) is 19.4. The van der Waals surface area contributed by atoms with Crippen LogP contribution in [-0.2, 0) is 26.1 Å². The molecule has 0 bridgehead atoms. The van der Waals surface area contributed by atoms with E-state index >= 15 is 0 Å². The molecule has 2 aromatic rings. The standard InChI is InChI=1S/C21H30N6O.HI/c1-2-22-21(24-14-20-26-25-19-9-5-6-12-27(19)20)23-13-17-7-3-4-8-18(17)28-15-16-10-11-16;/h3-4,7-8,16H,2,5-6,9-15H2,1H3,(H2,22,23,24);1H. The third-order valence-electron chi connectivity index (χ3n) is 5.25. The predicted molar refractivity (Wildman–Crippen MR) is 125 cm³/mol. The molecule has 2 heterocycles. The van der Waals surface area contributed by atoms with E-state index in [2.05, 4.69) is 38.4 Å². The summed E-state index contributed by atoms with van der Waals surface area (Å²) in [7, 11) is 0. The average Bonchev–Trinajstić information content (AvgIpc) is 3.47. The summed E-state index contributed by atoms with van der Waals surface area (Å²) in [4.78, 5) is 4.76. The van der Waals surface area contributed by atoms with Gasteiger partial charge in [-0.15, -0.1) is 34.2 Å². The number of aliphatic imine (C=N–C) groups is 1. The maximum absolute atomic E-state index is 6.00. The van der Waals surface area contributed by atoms with Crippen molar-refractivity contribution in [2.24, 2.45) is 10.9 Å². The molecule has 1 aliphatic carbocycles. The van der Waals surface area contributed by atoms with Gasteiger partial charge in [-0.2, -0.15) is 0 Å². The van der Waals surface area contributed by atoms with E-state index in [9.17, 15) is 0 Å². The molecule has 1 aromatic heterocycles. The Balaban J connectivity index is 0.00000240. The molecule has 8 heteroatoms. The highest BCUT2D eigenvalue weighted by molar-refractivity contribution is 14.0. The van der Waals surface area contributed by atoms with Crippen LogP contribution in [0.1, 0.15) is 49.8 Å². The van der Waals surface area contributed by atoms with Crippen molar-refractivity contribution in [3.8, 4) is 5.75 Å². The number of nitrogens with zero attached hydrogens (tertiary/aromatic N) is 4. The van der Waals surface area contributed by atoms with Gasteiger partial charge in [0.05, 0.1) is 19.7 Å². The van der Waals surface area contributed by atoms with E-state index in [0.717, 1.165) is 61.0 Å². The van der Waals surface area contributed by atoms with Gasteiger partial charge in [-0.05, 0) is 44.6 Å². The number of hydrogen-bond acceptors (Lipinski definition) is 4.